The molecule has 1 amide bonds. The first-order valence-corrected chi connectivity index (χ1v) is 4.60. The Kier molecular flexibility index (Phi) is 5.98. The van der Waals surface area contributed by atoms with Crippen LogP contribution in [-0.4, -0.2) is 19.0 Å². The van der Waals surface area contributed by atoms with E-state index in [-0.39, 0.29) is 31.1 Å². The molecule has 1 aromatic carbocycles. The predicted molar refractivity (Wildman–Crippen MR) is 60.1 cm³/mol. The smallest absolute Gasteiger partial charge is 0.351 e. The van der Waals surface area contributed by atoms with E-state index in [0.717, 1.165) is 12.1 Å². The lowest BCUT2D eigenvalue weighted by molar-refractivity contribution is -0.137. The molecule has 0 heterocycles. The number of benzene rings is 1. The van der Waals surface area contributed by atoms with Gasteiger partial charge in [0, 0.05) is 18.7 Å². The molecule has 0 bridgehead atoms. The van der Waals surface area contributed by atoms with E-state index in [2.05, 4.69) is 5.32 Å². The quantitative estimate of drug-likeness (QED) is 0.879. The summed E-state index contributed by atoms with van der Waals surface area (Å²) in [6.07, 6.45) is -4.44. The first-order valence-electron chi connectivity index (χ1n) is 4.60. The maximum atomic E-state index is 12.3. The zero-order valence-corrected chi connectivity index (χ0v) is 9.57. The van der Waals surface area contributed by atoms with Crippen molar-refractivity contribution >= 4 is 18.3 Å². The number of hydrogen-bond donors (Lipinski definition) is 2. The van der Waals surface area contributed by atoms with Crippen molar-refractivity contribution < 1.29 is 18.0 Å². The lowest BCUT2D eigenvalue weighted by Crippen LogP contribution is -2.29. The number of amides is 1. The molecule has 0 saturated heterocycles. The lowest BCUT2D eigenvalue weighted by Gasteiger charge is -2.08. The lowest BCUT2D eigenvalue weighted by atomic mass is 10.1. The third-order valence-corrected chi connectivity index (χ3v) is 1.88. The van der Waals surface area contributed by atoms with Crippen LogP contribution in [0.5, 0.6) is 0 Å². The molecule has 1 rings (SSSR count). The molecule has 0 aliphatic carbocycles. The van der Waals surface area contributed by atoms with Gasteiger partial charge in [-0.15, -0.1) is 12.4 Å². The number of carbonyl (C=O) groups excluding carboxylic acids is 1. The summed E-state index contributed by atoms with van der Waals surface area (Å²) in [4.78, 5) is 11.3. The van der Waals surface area contributed by atoms with E-state index in [4.69, 9.17) is 5.73 Å². The van der Waals surface area contributed by atoms with Gasteiger partial charge in [0.25, 0.3) is 5.91 Å². The molecule has 1 aromatic rings. The molecule has 17 heavy (non-hydrogen) atoms. The summed E-state index contributed by atoms with van der Waals surface area (Å²) in [6.45, 7) is 0.472. The minimum Gasteiger partial charge on any atom is -0.351 e. The van der Waals surface area contributed by atoms with Crippen LogP contribution < -0.4 is 11.1 Å². The topological polar surface area (TPSA) is 55.1 Å². The second-order valence-electron chi connectivity index (χ2n) is 3.12. The first kappa shape index (κ1) is 15.7. The standard InChI is InChI=1S/C10H11F3N2O.ClH/c11-10(12,13)8-3-1-2-7(6-8)9(16)15-5-4-14;/h1-3,6H,4-5,14H2,(H,15,16);1H. The summed E-state index contributed by atoms with van der Waals surface area (Å²) in [6, 6.07) is 4.24. The zero-order valence-electron chi connectivity index (χ0n) is 8.75. The molecule has 0 saturated carbocycles. The van der Waals surface area contributed by atoms with Crippen molar-refractivity contribution in [3.63, 3.8) is 0 Å². The van der Waals surface area contributed by atoms with Gasteiger partial charge in [-0.05, 0) is 18.2 Å². The molecule has 0 spiro atoms. The molecule has 0 aliphatic heterocycles. The molecule has 0 fully saturated rings. The fourth-order valence-electron chi connectivity index (χ4n) is 1.12. The highest BCUT2D eigenvalue weighted by Gasteiger charge is 2.30. The molecule has 0 aromatic heterocycles. The van der Waals surface area contributed by atoms with Crippen LogP contribution in [0, 0.1) is 0 Å². The van der Waals surface area contributed by atoms with Crippen molar-refractivity contribution in [3.05, 3.63) is 35.4 Å². The molecular formula is C10H12ClF3N2O. The number of rotatable bonds is 3. The first-order chi connectivity index (χ1) is 7.45. The molecule has 3 nitrogen and oxygen atoms in total. The molecule has 3 N–H and O–H groups in total. The molecule has 7 heteroatoms. The van der Waals surface area contributed by atoms with Gasteiger partial charge in [-0.25, -0.2) is 0 Å². The molecule has 0 unspecified atom stereocenters. The van der Waals surface area contributed by atoms with Crippen LogP contribution in [0.15, 0.2) is 24.3 Å². The average molecular weight is 269 g/mol. The summed E-state index contributed by atoms with van der Waals surface area (Å²) in [5, 5.41) is 2.40. The van der Waals surface area contributed by atoms with Crippen LogP contribution in [0.4, 0.5) is 13.2 Å². The van der Waals surface area contributed by atoms with Crippen molar-refractivity contribution in [3.8, 4) is 0 Å². The van der Waals surface area contributed by atoms with Gasteiger partial charge in [0.05, 0.1) is 5.56 Å². The van der Waals surface area contributed by atoms with Crippen molar-refractivity contribution in [1.82, 2.24) is 5.32 Å². The Morgan fingerprint density at radius 2 is 2.00 bits per heavy atom. The fraction of sp³-hybridized carbons (Fsp3) is 0.300. The van der Waals surface area contributed by atoms with Gasteiger partial charge in [-0.1, -0.05) is 6.07 Å². The van der Waals surface area contributed by atoms with Gasteiger partial charge in [0.2, 0.25) is 0 Å². The summed E-state index contributed by atoms with van der Waals surface area (Å²) in [7, 11) is 0. The molecule has 96 valence electrons. The van der Waals surface area contributed by atoms with Crippen LogP contribution in [0.2, 0.25) is 0 Å². The van der Waals surface area contributed by atoms with E-state index < -0.39 is 17.6 Å². The predicted octanol–water partition coefficient (Wildman–Crippen LogP) is 1.82. The number of halogens is 4. The number of hydrogen-bond acceptors (Lipinski definition) is 2. The van der Waals surface area contributed by atoms with Gasteiger partial charge in [0.1, 0.15) is 0 Å². The van der Waals surface area contributed by atoms with Gasteiger partial charge >= 0.3 is 6.18 Å². The second kappa shape index (κ2) is 6.46. The third-order valence-electron chi connectivity index (χ3n) is 1.88. The maximum absolute atomic E-state index is 12.3. The second-order valence-corrected chi connectivity index (χ2v) is 3.12. The van der Waals surface area contributed by atoms with Crippen molar-refractivity contribution in [2.75, 3.05) is 13.1 Å². The summed E-state index contributed by atoms with van der Waals surface area (Å²) >= 11 is 0. The van der Waals surface area contributed by atoms with Gasteiger partial charge in [-0.2, -0.15) is 13.2 Å². The third kappa shape index (κ3) is 4.62. The minimum atomic E-state index is -4.44. The van der Waals surface area contributed by atoms with Crippen molar-refractivity contribution in [1.29, 1.82) is 0 Å². The van der Waals surface area contributed by atoms with E-state index in [9.17, 15) is 18.0 Å². The number of nitrogens with two attached hydrogens (primary N) is 1. The van der Waals surface area contributed by atoms with E-state index in [1.807, 2.05) is 0 Å². The Morgan fingerprint density at radius 1 is 1.35 bits per heavy atom. The molecule has 0 radical (unpaired) electrons. The molecule has 0 atom stereocenters. The summed E-state index contributed by atoms with van der Waals surface area (Å²) < 4.78 is 37.0. The average Bonchev–Trinajstić information content (AvgIpc) is 2.25. The molecule has 0 aliphatic rings. The summed E-state index contributed by atoms with van der Waals surface area (Å²) in [5.74, 6) is -0.559. The number of alkyl halides is 3. The Morgan fingerprint density at radius 3 is 2.53 bits per heavy atom. The van der Waals surface area contributed by atoms with Gasteiger partial charge < -0.3 is 11.1 Å². The van der Waals surface area contributed by atoms with E-state index >= 15 is 0 Å². The van der Waals surface area contributed by atoms with Crippen molar-refractivity contribution in [2.45, 2.75) is 6.18 Å². The monoisotopic (exact) mass is 268 g/mol. The Balaban J connectivity index is 0.00000256. The van der Waals surface area contributed by atoms with Crippen LogP contribution in [0.3, 0.4) is 0 Å². The zero-order chi connectivity index (χ0) is 12.2. The van der Waals surface area contributed by atoms with Crippen LogP contribution in [-0.2, 0) is 6.18 Å². The molecular weight excluding hydrogens is 257 g/mol. The Hall–Kier alpha value is -1.27. The largest absolute Gasteiger partial charge is 0.416 e. The van der Waals surface area contributed by atoms with E-state index in [1.165, 1.54) is 12.1 Å². The van der Waals surface area contributed by atoms with Crippen LogP contribution in [0.1, 0.15) is 15.9 Å². The van der Waals surface area contributed by atoms with E-state index in [0.29, 0.717) is 0 Å². The Bertz CT molecular complexity index is 382. The van der Waals surface area contributed by atoms with Gasteiger partial charge in [0.15, 0.2) is 0 Å². The van der Waals surface area contributed by atoms with E-state index in [1.54, 1.807) is 0 Å². The van der Waals surface area contributed by atoms with Crippen molar-refractivity contribution in [2.24, 2.45) is 5.73 Å². The number of carbonyl (C=O) groups is 1. The highest BCUT2D eigenvalue weighted by Crippen LogP contribution is 2.29. The Labute approximate surface area is 103 Å². The fourth-order valence-corrected chi connectivity index (χ4v) is 1.12. The highest BCUT2D eigenvalue weighted by molar-refractivity contribution is 5.94. The summed E-state index contributed by atoms with van der Waals surface area (Å²) in [5.41, 5.74) is 4.29. The van der Waals surface area contributed by atoms with Gasteiger partial charge in [-0.3, -0.25) is 4.79 Å². The SMILES string of the molecule is Cl.NCCNC(=O)c1cccc(C(F)(F)F)c1. The maximum Gasteiger partial charge on any atom is 0.416 e. The number of nitrogens with one attached hydrogen (secondary N) is 1. The minimum absolute atomic E-state index is 0. The normalized spacial score (nSPS) is 10.6. The highest BCUT2D eigenvalue weighted by atomic mass is 35.5. The van der Waals surface area contributed by atoms with Crippen LogP contribution >= 0.6 is 12.4 Å². The van der Waals surface area contributed by atoms with Crippen LogP contribution in [0.25, 0.3) is 0 Å².